The van der Waals surface area contributed by atoms with Gasteiger partial charge in [0, 0.05) is 5.41 Å². The molecule has 0 atom stereocenters. The summed E-state index contributed by atoms with van der Waals surface area (Å²) >= 11 is 0. The van der Waals surface area contributed by atoms with E-state index < -0.39 is 0 Å². The number of aliphatic hydroxyl groups excluding tert-OH is 1. The van der Waals surface area contributed by atoms with Crippen molar-refractivity contribution in [1.82, 2.24) is 0 Å². The number of benzene rings is 1. The molecule has 1 aliphatic carbocycles. The average molecular weight is 202 g/mol. The lowest BCUT2D eigenvalue weighted by Gasteiger charge is -2.41. The van der Waals surface area contributed by atoms with E-state index in [0.29, 0.717) is 6.61 Å². The molecule has 0 saturated heterocycles. The van der Waals surface area contributed by atoms with Crippen LogP contribution in [0.2, 0.25) is 0 Å². The van der Waals surface area contributed by atoms with E-state index in [4.69, 9.17) is 0 Å². The van der Waals surface area contributed by atoms with Gasteiger partial charge in [0.2, 0.25) is 0 Å². The molecule has 1 aromatic rings. The molecule has 1 saturated carbocycles. The van der Waals surface area contributed by atoms with E-state index in [-0.39, 0.29) is 5.41 Å². The maximum atomic E-state index is 9.44. The van der Waals surface area contributed by atoms with Crippen LogP contribution in [0.25, 0.3) is 6.08 Å². The number of aliphatic hydroxyl groups is 1. The van der Waals surface area contributed by atoms with Crippen LogP contribution in [0.4, 0.5) is 0 Å². The van der Waals surface area contributed by atoms with Gasteiger partial charge in [-0.2, -0.15) is 0 Å². The summed E-state index contributed by atoms with van der Waals surface area (Å²) in [6, 6.07) is 10.3. The Labute approximate surface area is 91.4 Å². The Morgan fingerprint density at radius 2 is 2.00 bits per heavy atom. The Bertz CT molecular complexity index is 341. The van der Waals surface area contributed by atoms with Crippen molar-refractivity contribution in [2.45, 2.75) is 26.2 Å². The highest BCUT2D eigenvalue weighted by Crippen LogP contribution is 2.46. The first kappa shape index (κ1) is 10.4. The van der Waals surface area contributed by atoms with Crippen LogP contribution in [0, 0.1) is 5.41 Å². The smallest absolute Gasteiger partial charge is 0.0524 e. The minimum atomic E-state index is 0.0931. The van der Waals surface area contributed by atoms with Crippen LogP contribution in [-0.4, -0.2) is 11.7 Å². The second-order valence-corrected chi connectivity index (χ2v) is 4.53. The molecule has 0 spiro atoms. The second-order valence-electron chi connectivity index (χ2n) is 4.53. The van der Waals surface area contributed by atoms with Gasteiger partial charge in [-0.25, -0.2) is 0 Å². The monoisotopic (exact) mass is 202 g/mol. The fourth-order valence-electron chi connectivity index (χ4n) is 2.23. The van der Waals surface area contributed by atoms with Crippen molar-refractivity contribution in [2.24, 2.45) is 5.41 Å². The molecule has 0 aliphatic heterocycles. The molecule has 80 valence electrons. The maximum Gasteiger partial charge on any atom is 0.0524 e. The van der Waals surface area contributed by atoms with Gasteiger partial charge in [0.25, 0.3) is 0 Å². The van der Waals surface area contributed by atoms with Crippen LogP contribution in [0.3, 0.4) is 0 Å². The van der Waals surface area contributed by atoms with Crippen LogP contribution in [0.5, 0.6) is 0 Å². The average Bonchev–Trinajstić information content (AvgIpc) is 2.18. The summed E-state index contributed by atoms with van der Waals surface area (Å²) in [5.41, 5.74) is 2.65. The molecule has 0 aromatic heterocycles. The Kier molecular flexibility index (Phi) is 2.92. The summed E-state index contributed by atoms with van der Waals surface area (Å²) in [4.78, 5) is 0. The molecule has 15 heavy (non-hydrogen) atoms. The zero-order chi connectivity index (χ0) is 10.7. The summed E-state index contributed by atoms with van der Waals surface area (Å²) in [7, 11) is 0. The van der Waals surface area contributed by atoms with Gasteiger partial charge in [-0.05, 0) is 25.3 Å². The van der Waals surface area contributed by atoms with Crippen molar-refractivity contribution < 1.29 is 5.11 Å². The number of rotatable bonds is 3. The molecular weight excluding hydrogens is 184 g/mol. The molecule has 0 radical (unpaired) electrons. The standard InChI is InChI=1S/C14H18O/c1-12(14(11-15)8-5-9-14)10-13-6-3-2-4-7-13/h2-4,6-7,10,15H,5,8-9,11H2,1H3/b12-10+. The van der Waals surface area contributed by atoms with Crippen LogP contribution in [-0.2, 0) is 0 Å². The maximum absolute atomic E-state index is 9.44. The summed E-state index contributed by atoms with van der Waals surface area (Å²) in [6.07, 6.45) is 5.73. The van der Waals surface area contributed by atoms with Crippen LogP contribution in [0.15, 0.2) is 35.9 Å². The minimum Gasteiger partial charge on any atom is -0.395 e. The molecule has 1 aromatic carbocycles. The van der Waals surface area contributed by atoms with E-state index in [9.17, 15) is 5.11 Å². The quantitative estimate of drug-likeness (QED) is 0.797. The van der Waals surface area contributed by atoms with Gasteiger partial charge in [0.05, 0.1) is 6.61 Å². The molecule has 1 N–H and O–H groups in total. The van der Waals surface area contributed by atoms with Gasteiger partial charge in [-0.3, -0.25) is 0 Å². The van der Waals surface area contributed by atoms with E-state index >= 15 is 0 Å². The van der Waals surface area contributed by atoms with Crippen molar-refractivity contribution in [3.8, 4) is 0 Å². The fourth-order valence-corrected chi connectivity index (χ4v) is 2.23. The molecule has 0 bridgehead atoms. The lowest BCUT2D eigenvalue weighted by molar-refractivity contribution is 0.0817. The minimum absolute atomic E-state index is 0.0931. The molecule has 0 unspecified atom stereocenters. The third-order valence-electron chi connectivity index (χ3n) is 3.63. The van der Waals surface area contributed by atoms with E-state index in [2.05, 4.69) is 25.1 Å². The van der Waals surface area contributed by atoms with E-state index in [1.807, 2.05) is 18.2 Å². The summed E-state index contributed by atoms with van der Waals surface area (Å²) in [5, 5.41) is 9.44. The SMILES string of the molecule is C/C(=C\c1ccccc1)C1(CO)CCC1. The fraction of sp³-hybridized carbons (Fsp3) is 0.429. The predicted molar refractivity (Wildman–Crippen MR) is 63.5 cm³/mol. The number of hydrogen-bond acceptors (Lipinski definition) is 1. The van der Waals surface area contributed by atoms with Gasteiger partial charge in [-0.15, -0.1) is 0 Å². The Morgan fingerprint density at radius 3 is 2.47 bits per heavy atom. The normalized spacial score (nSPS) is 19.7. The Balaban J connectivity index is 2.20. The Morgan fingerprint density at radius 1 is 1.33 bits per heavy atom. The zero-order valence-corrected chi connectivity index (χ0v) is 9.24. The zero-order valence-electron chi connectivity index (χ0n) is 9.24. The van der Waals surface area contributed by atoms with E-state index in [1.54, 1.807) is 0 Å². The van der Waals surface area contributed by atoms with Crippen molar-refractivity contribution >= 4 is 6.08 Å². The summed E-state index contributed by atoms with van der Waals surface area (Å²) in [5.74, 6) is 0. The third kappa shape index (κ3) is 1.98. The van der Waals surface area contributed by atoms with Crippen molar-refractivity contribution in [1.29, 1.82) is 0 Å². The first-order chi connectivity index (χ1) is 7.27. The molecule has 0 heterocycles. The highest BCUT2D eigenvalue weighted by molar-refractivity contribution is 5.54. The largest absolute Gasteiger partial charge is 0.395 e. The highest BCUT2D eigenvalue weighted by atomic mass is 16.3. The van der Waals surface area contributed by atoms with Gasteiger partial charge in [0.1, 0.15) is 0 Å². The van der Waals surface area contributed by atoms with Crippen molar-refractivity contribution in [2.75, 3.05) is 6.61 Å². The second kappa shape index (κ2) is 4.19. The molecule has 0 amide bonds. The molecular formula is C14H18O. The first-order valence-corrected chi connectivity index (χ1v) is 5.61. The highest BCUT2D eigenvalue weighted by Gasteiger charge is 2.37. The van der Waals surface area contributed by atoms with Crippen LogP contribution < -0.4 is 0 Å². The topological polar surface area (TPSA) is 20.2 Å². The molecule has 1 heteroatoms. The van der Waals surface area contributed by atoms with Crippen molar-refractivity contribution in [3.63, 3.8) is 0 Å². The van der Waals surface area contributed by atoms with Gasteiger partial charge in [0.15, 0.2) is 0 Å². The third-order valence-corrected chi connectivity index (χ3v) is 3.63. The number of hydrogen-bond donors (Lipinski definition) is 1. The molecule has 1 aliphatic rings. The first-order valence-electron chi connectivity index (χ1n) is 5.61. The molecule has 1 fully saturated rings. The molecule has 2 rings (SSSR count). The van der Waals surface area contributed by atoms with Gasteiger partial charge in [-0.1, -0.05) is 48.4 Å². The van der Waals surface area contributed by atoms with Crippen LogP contribution in [0.1, 0.15) is 31.7 Å². The van der Waals surface area contributed by atoms with Crippen LogP contribution >= 0.6 is 0 Å². The summed E-state index contributed by atoms with van der Waals surface area (Å²) in [6.45, 7) is 2.44. The van der Waals surface area contributed by atoms with E-state index in [1.165, 1.54) is 17.6 Å². The van der Waals surface area contributed by atoms with Crippen molar-refractivity contribution in [3.05, 3.63) is 41.5 Å². The summed E-state index contributed by atoms with van der Waals surface area (Å²) < 4.78 is 0. The van der Waals surface area contributed by atoms with Gasteiger partial charge >= 0.3 is 0 Å². The predicted octanol–water partition coefficient (Wildman–Crippen LogP) is 3.25. The molecule has 1 nitrogen and oxygen atoms in total. The Hall–Kier alpha value is -1.08. The van der Waals surface area contributed by atoms with E-state index in [0.717, 1.165) is 12.8 Å². The lowest BCUT2D eigenvalue weighted by atomic mass is 9.65. The van der Waals surface area contributed by atoms with Gasteiger partial charge < -0.3 is 5.11 Å². The lowest BCUT2D eigenvalue weighted by Crippen LogP contribution is -2.34.